The van der Waals surface area contributed by atoms with Gasteiger partial charge in [-0.05, 0) is 41.5 Å². The minimum atomic E-state index is -0.901. The molecule has 0 heterocycles. The molecule has 0 radical (unpaired) electrons. The van der Waals surface area contributed by atoms with Crippen LogP contribution in [-0.4, -0.2) is 31.0 Å². The zero-order valence-corrected chi connectivity index (χ0v) is 15.0. The highest BCUT2D eigenvalue weighted by molar-refractivity contribution is 5.88. The molecule has 0 bridgehead atoms. The van der Waals surface area contributed by atoms with Crippen LogP contribution in [0.1, 0.15) is 10.4 Å². The summed E-state index contributed by atoms with van der Waals surface area (Å²) in [5, 5.41) is 11.4. The van der Waals surface area contributed by atoms with Gasteiger partial charge in [0.05, 0.1) is 5.56 Å². The van der Waals surface area contributed by atoms with Gasteiger partial charge in [-0.2, -0.15) is 0 Å². The fourth-order valence-electron chi connectivity index (χ4n) is 2.31. The second-order valence-corrected chi connectivity index (χ2v) is 5.50. The molecule has 0 aromatic heterocycles. The number of carbonyl (C=O) groups excluding carboxylic acids is 1. The molecule has 3 aromatic rings. The van der Waals surface area contributed by atoms with Crippen molar-refractivity contribution < 1.29 is 19.4 Å². The number of nitrogens with one attached hydrogen (secondary N) is 1. The Morgan fingerprint density at radius 1 is 0.963 bits per heavy atom. The first-order chi connectivity index (χ1) is 13.1. The maximum absolute atomic E-state index is 10.4. The van der Waals surface area contributed by atoms with Crippen molar-refractivity contribution in [1.82, 2.24) is 0 Å². The van der Waals surface area contributed by atoms with Gasteiger partial charge in [-0.25, -0.2) is 4.79 Å². The molecule has 2 N–H and O–H groups in total. The van der Waals surface area contributed by atoms with E-state index in [2.05, 4.69) is 17.4 Å². The van der Waals surface area contributed by atoms with Crippen LogP contribution in [0.5, 0.6) is 5.75 Å². The first kappa shape index (κ1) is 19.7. The summed E-state index contributed by atoms with van der Waals surface area (Å²) in [6.45, 7) is 0.102. The SMILES string of the molecule is CNc1cccc(C(=O)O)c1.O=CCOc1ccc(-c2ccccc2)cc1. The molecular weight excluding hydrogens is 342 g/mol. The Balaban J connectivity index is 0.000000208. The van der Waals surface area contributed by atoms with Crippen LogP contribution in [0.2, 0.25) is 0 Å². The summed E-state index contributed by atoms with van der Waals surface area (Å²) in [6.07, 6.45) is 0.741. The van der Waals surface area contributed by atoms with E-state index >= 15 is 0 Å². The van der Waals surface area contributed by atoms with Crippen LogP contribution in [0.25, 0.3) is 11.1 Å². The summed E-state index contributed by atoms with van der Waals surface area (Å²) >= 11 is 0. The van der Waals surface area contributed by atoms with Gasteiger partial charge in [0, 0.05) is 12.7 Å². The van der Waals surface area contributed by atoms with Crippen LogP contribution in [0.15, 0.2) is 78.9 Å². The largest absolute Gasteiger partial charge is 0.486 e. The molecule has 5 heteroatoms. The lowest BCUT2D eigenvalue weighted by molar-refractivity contribution is -0.109. The van der Waals surface area contributed by atoms with Crippen LogP contribution in [0, 0.1) is 0 Å². The molecule has 0 spiro atoms. The zero-order valence-electron chi connectivity index (χ0n) is 15.0. The maximum atomic E-state index is 10.4. The number of carbonyl (C=O) groups is 2. The fourth-order valence-corrected chi connectivity index (χ4v) is 2.31. The summed E-state index contributed by atoms with van der Waals surface area (Å²) < 4.78 is 5.18. The maximum Gasteiger partial charge on any atom is 0.335 e. The standard InChI is InChI=1S/C14H12O2.C8H9NO2/c15-10-11-16-14-8-6-13(7-9-14)12-4-2-1-3-5-12;1-9-7-4-2-3-6(5-7)8(10)11/h1-10H,11H2;2-5,9H,1H3,(H,10,11). The molecule has 27 heavy (non-hydrogen) atoms. The average molecular weight is 363 g/mol. The van der Waals surface area contributed by atoms with Crippen LogP contribution < -0.4 is 10.1 Å². The third-order valence-corrected chi connectivity index (χ3v) is 3.68. The first-order valence-electron chi connectivity index (χ1n) is 8.37. The van der Waals surface area contributed by atoms with Crippen LogP contribution >= 0.6 is 0 Å². The number of aromatic carboxylic acids is 1. The Kier molecular flexibility index (Phi) is 7.60. The van der Waals surface area contributed by atoms with Gasteiger partial charge in [-0.1, -0.05) is 48.5 Å². The quantitative estimate of drug-likeness (QED) is 0.637. The Labute approximate surface area is 158 Å². The van der Waals surface area contributed by atoms with E-state index in [0.29, 0.717) is 11.3 Å². The van der Waals surface area contributed by atoms with Gasteiger partial charge in [0.1, 0.15) is 12.4 Å². The summed E-state index contributed by atoms with van der Waals surface area (Å²) in [6, 6.07) is 24.5. The van der Waals surface area contributed by atoms with E-state index in [4.69, 9.17) is 9.84 Å². The summed E-state index contributed by atoms with van der Waals surface area (Å²) in [7, 11) is 1.75. The highest BCUT2D eigenvalue weighted by atomic mass is 16.5. The fraction of sp³-hybridized carbons (Fsp3) is 0.0909. The monoisotopic (exact) mass is 363 g/mol. The molecule has 0 saturated heterocycles. The number of rotatable bonds is 6. The van der Waals surface area contributed by atoms with Gasteiger partial charge in [0.25, 0.3) is 0 Å². The minimum absolute atomic E-state index is 0.102. The lowest BCUT2D eigenvalue weighted by atomic mass is 10.1. The molecule has 0 amide bonds. The number of hydrogen-bond donors (Lipinski definition) is 2. The molecule has 0 fully saturated rings. The smallest absolute Gasteiger partial charge is 0.335 e. The van der Waals surface area contributed by atoms with Gasteiger partial charge < -0.3 is 15.2 Å². The number of carboxylic acids is 1. The van der Waals surface area contributed by atoms with Gasteiger partial charge in [-0.3, -0.25) is 4.79 Å². The summed E-state index contributed by atoms with van der Waals surface area (Å²) in [4.78, 5) is 20.6. The summed E-state index contributed by atoms with van der Waals surface area (Å²) in [5.74, 6) is -0.186. The third-order valence-electron chi connectivity index (χ3n) is 3.68. The Morgan fingerprint density at radius 2 is 1.63 bits per heavy atom. The van der Waals surface area contributed by atoms with Gasteiger partial charge in [0.15, 0.2) is 6.29 Å². The average Bonchev–Trinajstić information content (AvgIpc) is 2.74. The van der Waals surface area contributed by atoms with Gasteiger partial charge in [-0.15, -0.1) is 0 Å². The van der Waals surface area contributed by atoms with Gasteiger partial charge in [0.2, 0.25) is 0 Å². The normalized spacial score (nSPS) is 9.52. The molecule has 0 aliphatic heterocycles. The number of anilines is 1. The van der Waals surface area contributed by atoms with E-state index in [9.17, 15) is 9.59 Å². The third kappa shape index (κ3) is 6.32. The molecule has 0 atom stereocenters. The molecule has 5 nitrogen and oxygen atoms in total. The van der Waals surface area contributed by atoms with E-state index in [1.54, 1.807) is 25.2 Å². The number of carboxylic acid groups (broad SMARTS) is 1. The lowest BCUT2D eigenvalue weighted by Crippen LogP contribution is -1.97. The minimum Gasteiger partial charge on any atom is -0.486 e. The summed E-state index contributed by atoms with van der Waals surface area (Å²) in [5.41, 5.74) is 3.42. The predicted molar refractivity (Wildman–Crippen MR) is 106 cm³/mol. The van der Waals surface area contributed by atoms with Crippen molar-refractivity contribution in [3.05, 3.63) is 84.4 Å². The van der Waals surface area contributed by atoms with Crippen molar-refractivity contribution in [3.8, 4) is 16.9 Å². The molecule has 3 aromatic carbocycles. The molecule has 0 aliphatic rings. The molecule has 0 unspecified atom stereocenters. The topological polar surface area (TPSA) is 75.6 Å². The molecule has 3 rings (SSSR count). The number of aldehydes is 1. The number of ether oxygens (including phenoxy) is 1. The van der Waals surface area contributed by atoms with Crippen molar-refractivity contribution >= 4 is 17.9 Å². The van der Waals surface area contributed by atoms with Crippen molar-refractivity contribution in [3.63, 3.8) is 0 Å². The molecular formula is C22H21NO4. The van der Waals surface area contributed by atoms with Crippen molar-refractivity contribution in [1.29, 1.82) is 0 Å². The highest BCUT2D eigenvalue weighted by Crippen LogP contribution is 2.21. The molecule has 0 aliphatic carbocycles. The second-order valence-electron chi connectivity index (χ2n) is 5.50. The van der Waals surface area contributed by atoms with E-state index in [1.165, 1.54) is 5.56 Å². The Morgan fingerprint density at radius 3 is 2.22 bits per heavy atom. The second kappa shape index (κ2) is 10.4. The highest BCUT2D eigenvalue weighted by Gasteiger charge is 2.01. The molecule has 0 saturated carbocycles. The Bertz CT molecular complexity index is 861. The van der Waals surface area contributed by atoms with E-state index in [0.717, 1.165) is 17.5 Å². The lowest BCUT2D eigenvalue weighted by Gasteiger charge is -2.04. The van der Waals surface area contributed by atoms with Crippen LogP contribution in [0.3, 0.4) is 0 Å². The van der Waals surface area contributed by atoms with Crippen molar-refractivity contribution in [2.75, 3.05) is 19.0 Å². The van der Waals surface area contributed by atoms with Gasteiger partial charge >= 0.3 is 5.97 Å². The number of hydrogen-bond acceptors (Lipinski definition) is 4. The van der Waals surface area contributed by atoms with E-state index < -0.39 is 5.97 Å². The van der Waals surface area contributed by atoms with E-state index in [1.807, 2.05) is 48.5 Å². The van der Waals surface area contributed by atoms with Crippen molar-refractivity contribution in [2.45, 2.75) is 0 Å². The van der Waals surface area contributed by atoms with Crippen LogP contribution in [0.4, 0.5) is 5.69 Å². The number of benzene rings is 3. The molecule has 138 valence electrons. The van der Waals surface area contributed by atoms with Crippen molar-refractivity contribution in [2.24, 2.45) is 0 Å². The van der Waals surface area contributed by atoms with E-state index in [-0.39, 0.29) is 6.61 Å². The predicted octanol–water partition coefficient (Wildman–Crippen LogP) is 4.36. The zero-order chi connectivity index (χ0) is 19.5. The first-order valence-corrected chi connectivity index (χ1v) is 8.37. The van der Waals surface area contributed by atoms with Crippen LogP contribution in [-0.2, 0) is 4.79 Å². The Hall–Kier alpha value is -3.60.